The van der Waals surface area contributed by atoms with Crippen LogP contribution < -0.4 is 4.90 Å². The zero-order valence-corrected chi connectivity index (χ0v) is 13.1. The van der Waals surface area contributed by atoms with Crippen molar-refractivity contribution in [1.29, 1.82) is 0 Å². The molecular weight excluding hydrogens is 298 g/mol. The summed E-state index contributed by atoms with van der Waals surface area (Å²) in [6.07, 6.45) is 0.791. The third kappa shape index (κ3) is 2.84. The molecule has 3 nitrogen and oxygen atoms in total. The van der Waals surface area contributed by atoms with Crippen molar-refractivity contribution in [3.63, 3.8) is 0 Å². The van der Waals surface area contributed by atoms with Gasteiger partial charge in [0.1, 0.15) is 0 Å². The minimum Gasteiger partial charge on any atom is -0.308 e. The Morgan fingerprint density at radius 1 is 1.13 bits per heavy atom. The van der Waals surface area contributed by atoms with Gasteiger partial charge in [0, 0.05) is 23.8 Å². The smallest absolute Gasteiger partial charge is 0.258 e. The van der Waals surface area contributed by atoms with Crippen molar-refractivity contribution < 1.29 is 13.6 Å². The molecule has 0 N–H and O–H groups in total. The van der Waals surface area contributed by atoms with E-state index in [1.165, 1.54) is 6.07 Å². The van der Waals surface area contributed by atoms with E-state index in [0.717, 1.165) is 29.8 Å². The maximum Gasteiger partial charge on any atom is 0.258 e. The van der Waals surface area contributed by atoms with Gasteiger partial charge in [0.25, 0.3) is 5.91 Å². The number of carbonyl (C=O) groups excluding carboxylic acids is 1. The topological polar surface area (TPSA) is 23.6 Å². The Balaban J connectivity index is 1.98. The molecule has 0 bridgehead atoms. The molecule has 0 spiro atoms. The Morgan fingerprint density at radius 2 is 1.87 bits per heavy atom. The molecule has 120 valence electrons. The number of benzene rings is 2. The fourth-order valence-corrected chi connectivity index (χ4v) is 3.07. The van der Waals surface area contributed by atoms with E-state index in [1.54, 1.807) is 4.90 Å². The van der Waals surface area contributed by atoms with Crippen LogP contribution in [-0.2, 0) is 0 Å². The maximum absolute atomic E-state index is 13.4. The molecule has 0 aliphatic carbocycles. The number of rotatable bonds is 2. The van der Waals surface area contributed by atoms with Gasteiger partial charge >= 0.3 is 0 Å². The van der Waals surface area contributed by atoms with Crippen LogP contribution in [0.3, 0.4) is 0 Å². The van der Waals surface area contributed by atoms with Crippen molar-refractivity contribution in [2.75, 3.05) is 25.5 Å². The van der Waals surface area contributed by atoms with E-state index in [-0.39, 0.29) is 17.5 Å². The molecule has 0 saturated heterocycles. The predicted octanol–water partition coefficient (Wildman–Crippen LogP) is 3.62. The lowest BCUT2D eigenvalue weighted by Crippen LogP contribution is -2.39. The summed E-state index contributed by atoms with van der Waals surface area (Å²) in [5, 5.41) is 0. The Labute approximate surface area is 134 Å². The molecule has 0 fully saturated rings. The fraction of sp³-hybridized carbons (Fsp3) is 0.278. The molecule has 1 amide bonds. The lowest BCUT2D eigenvalue weighted by Gasteiger charge is -2.37. The second-order valence-electron chi connectivity index (χ2n) is 5.91. The third-order valence-corrected chi connectivity index (χ3v) is 4.25. The summed E-state index contributed by atoms with van der Waals surface area (Å²) in [7, 11) is 4.02. The summed E-state index contributed by atoms with van der Waals surface area (Å²) in [4.78, 5) is 16.5. The van der Waals surface area contributed by atoms with E-state index in [1.807, 2.05) is 38.4 Å². The summed E-state index contributed by atoms with van der Waals surface area (Å²) in [6.45, 7) is 0.539. The van der Waals surface area contributed by atoms with Crippen LogP contribution in [0.4, 0.5) is 14.5 Å². The molecule has 3 rings (SSSR count). The number of hydrogen-bond acceptors (Lipinski definition) is 2. The Bertz CT molecular complexity index is 746. The maximum atomic E-state index is 13.4. The van der Waals surface area contributed by atoms with Gasteiger partial charge in [-0.25, -0.2) is 8.78 Å². The third-order valence-electron chi connectivity index (χ3n) is 4.25. The van der Waals surface area contributed by atoms with Crippen LogP contribution in [0.2, 0.25) is 0 Å². The first-order valence-corrected chi connectivity index (χ1v) is 7.51. The summed E-state index contributed by atoms with van der Waals surface area (Å²) in [5.74, 6) is -2.27. The SMILES string of the molecule is CN(C)C1CCN(C(=O)c2ccc(F)c(F)c2)c2ccccc21. The first-order valence-electron chi connectivity index (χ1n) is 7.51. The molecule has 1 unspecified atom stereocenters. The molecule has 23 heavy (non-hydrogen) atoms. The molecule has 5 heteroatoms. The lowest BCUT2D eigenvalue weighted by atomic mass is 9.95. The fourth-order valence-electron chi connectivity index (χ4n) is 3.07. The van der Waals surface area contributed by atoms with Crippen molar-refractivity contribution in [2.45, 2.75) is 12.5 Å². The molecule has 2 aromatic carbocycles. The molecule has 1 aliphatic heterocycles. The zero-order chi connectivity index (χ0) is 16.6. The number of carbonyl (C=O) groups is 1. The van der Waals surface area contributed by atoms with Crippen molar-refractivity contribution in [3.8, 4) is 0 Å². The van der Waals surface area contributed by atoms with Gasteiger partial charge < -0.3 is 9.80 Å². The van der Waals surface area contributed by atoms with Crippen LogP contribution >= 0.6 is 0 Å². The van der Waals surface area contributed by atoms with Crippen molar-refractivity contribution in [2.24, 2.45) is 0 Å². The van der Waals surface area contributed by atoms with E-state index in [2.05, 4.69) is 4.90 Å². The first kappa shape index (κ1) is 15.6. The highest BCUT2D eigenvalue weighted by Gasteiger charge is 2.30. The van der Waals surface area contributed by atoms with Crippen molar-refractivity contribution >= 4 is 11.6 Å². The highest BCUT2D eigenvalue weighted by atomic mass is 19.2. The number of nitrogens with zero attached hydrogens (tertiary/aromatic N) is 2. The Hall–Kier alpha value is -2.27. The van der Waals surface area contributed by atoms with Crippen LogP contribution in [0.25, 0.3) is 0 Å². The van der Waals surface area contributed by atoms with Crippen LogP contribution in [-0.4, -0.2) is 31.4 Å². The van der Waals surface area contributed by atoms with Gasteiger partial charge in [-0.05, 0) is 50.3 Å². The van der Waals surface area contributed by atoms with Gasteiger partial charge in [-0.1, -0.05) is 18.2 Å². The average Bonchev–Trinajstić information content (AvgIpc) is 2.55. The molecule has 0 radical (unpaired) electrons. The standard InChI is InChI=1S/C18H18F2N2O/c1-21(2)16-9-10-22(17-6-4-3-5-13(16)17)18(23)12-7-8-14(19)15(20)11-12/h3-8,11,16H,9-10H2,1-2H3. The summed E-state index contributed by atoms with van der Waals surface area (Å²) < 4.78 is 26.5. The van der Waals surface area contributed by atoms with Crippen molar-refractivity contribution in [1.82, 2.24) is 4.90 Å². The minimum absolute atomic E-state index is 0.155. The van der Waals surface area contributed by atoms with E-state index in [9.17, 15) is 13.6 Å². The van der Waals surface area contributed by atoms with Crippen LogP contribution in [0.15, 0.2) is 42.5 Å². The van der Waals surface area contributed by atoms with Crippen LogP contribution in [0.5, 0.6) is 0 Å². The predicted molar refractivity (Wildman–Crippen MR) is 85.5 cm³/mol. The average molecular weight is 316 g/mol. The largest absolute Gasteiger partial charge is 0.308 e. The number of anilines is 1. The normalized spacial score (nSPS) is 17.3. The Kier molecular flexibility index (Phi) is 4.13. The van der Waals surface area contributed by atoms with Crippen LogP contribution in [0.1, 0.15) is 28.4 Å². The highest BCUT2D eigenvalue weighted by molar-refractivity contribution is 6.06. The monoisotopic (exact) mass is 316 g/mol. The molecular formula is C18H18F2N2O. The highest BCUT2D eigenvalue weighted by Crippen LogP contribution is 2.36. The molecule has 1 aliphatic rings. The van der Waals surface area contributed by atoms with E-state index >= 15 is 0 Å². The lowest BCUT2D eigenvalue weighted by molar-refractivity contribution is 0.0980. The second-order valence-corrected chi connectivity index (χ2v) is 5.91. The van der Waals surface area contributed by atoms with E-state index in [0.29, 0.717) is 6.54 Å². The number of halogens is 2. The molecule has 1 atom stereocenters. The molecule has 2 aromatic rings. The zero-order valence-electron chi connectivity index (χ0n) is 13.1. The summed E-state index contributed by atoms with van der Waals surface area (Å²) in [6, 6.07) is 11.2. The van der Waals surface area contributed by atoms with Gasteiger partial charge in [-0.3, -0.25) is 4.79 Å². The number of para-hydroxylation sites is 1. The quantitative estimate of drug-likeness (QED) is 0.845. The number of hydrogen-bond donors (Lipinski definition) is 0. The van der Waals surface area contributed by atoms with E-state index < -0.39 is 11.6 Å². The van der Waals surface area contributed by atoms with Gasteiger partial charge in [0.05, 0.1) is 0 Å². The molecule has 0 aromatic heterocycles. The van der Waals surface area contributed by atoms with Gasteiger partial charge in [-0.2, -0.15) is 0 Å². The summed E-state index contributed by atoms with van der Waals surface area (Å²) >= 11 is 0. The minimum atomic E-state index is -1.01. The molecule has 1 heterocycles. The Morgan fingerprint density at radius 3 is 2.57 bits per heavy atom. The number of amides is 1. The number of fused-ring (bicyclic) bond motifs is 1. The molecule has 0 saturated carbocycles. The van der Waals surface area contributed by atoms with E-state index in [4.69, 9.17) is 0 Å². The van der Waals surface area contributed by atoms with Gasteiger partial charge in [0.2, 0.25) is 0 Å². The van der Waals surface area contributed by atoms with Gasteiger partial charge in [0.15, 0.2) is 11.6 Å². The van der Waals surface area contributed by atoms with Crippen molar-refractivity contribution in [3.05, 3.63) is 65.2 Å². The first-order chi connectivity index (χ1) is 11.0. The summed E-state index contributed by atoms with van der Waals surface area (Å²) in [5.41, 5.74) is 2.05. The van der Waals surface area contributed by atoms with Gasteiger partial charge in [-0.15, -0.1) is 0 Å². The second kappa shape index (κ2) is 6.08. The van der Waals surface area contributed by atoms with Crippen LogP contribution in [0, 0.1) is 11.6 Å².